The lowest BCUT2D eigenvalue weighted by molar-refractivity contribution is -0.137. The van der Waals surface area contributed by atoms with Crippen LogP contribution in [0.4, 0.5) is 4.79 Å². The molecule has 0 aromatic heterocycles. The molecule has 1 aliphatic heterocycles. The van der Waals surface area contributed by atoms with Gasteiger partial charge in [0.25, 0.3) is 0 Å². The normalized spacial score (nSPS) is 16.1. The van der Waals surface area contributed by atoms with Gasteiger partial charge in [-0.15, -0.1) is 0 Å². The maximum Gasteiger partial charge on any atom is 0.410 e. The molecule has 0 radical (unpaired) electrons. The number of aliphatic hydroxyl groups excluding tert-OH is 1. The number of aliphatic hydroxyl groups is 1. The standard InChI is InChI=1S/C29H48N4O8/c1-9-40-23(35)13-12-21(15-18(2)3)30-26(37)22(17-34)31-27(38)24(19(4)5)32-25(36)20-11-10-14-33(16-20)28(39)41-29(6,7)8/h11-13,18-19,21-22,24,34H,9-10,14-17H2,1-8H3,(H,30,37)(H,31,38)(H,32,36)/b13-12+/t21-,22+,24+/m1/s1. The number of nitrogens with one attached hydrogen (secondary N) is 3. The first-order chi connectivity index (χ1) is 19.1. The van der Waals surface area contributed by atoms with Gasteiger partial charge in [-0.1, -0.05) is 39.8 Å². The van der Waals surface area contributed by atoms with Gasteiger partial charge < -0.3 is 35.4 Å². The van der Waals surface area contributed by atoms with Gasteiger partial charge in [-0.3, -0.25) is 14.4 Å². The van der Waals surface area contributed by atoms with Crippen LogP contribution in [0.25, 0.3) is 0 Å². The number of ether oxygens (including phenoxy) is 2. The van der Waals surface area contributed by atoms with Gasteiger partial charge in [0.05, 0.1) is 19.8 Å². The van der Waals surface area contributed by atoms with Crippen LogP contribution in [-0.2, 0) is 28.7 Å². The fourth-order valence-corrected chi connectivity index (χ4v) is 3.98. The van der Waals surface area contributed by atoms with Crippen LogP contribution in [0.2, 0.25) is 0 Å². The zero-order valence-corrected chi connectivity index (χ0v) is 25.6. The number of hydrogen-bond acceptors (Lipinski definition) is 8. The lowest BCUT2D eigenvalue weighted by atomic mass is 10.0. The van der Waals surface area contributed by atoms with Gasteiger partial charge in [-0.2, -0.15) is 0 Å². The first kappa shape index (κ1) is 35.6. The molecule has 0 unspecified atom stereocenters. The Bertz CT molecular complexity index is 984. The predicted octanol–water partition coefficient (Wildman–Crippen LogP) is 1.82. The lowest BCUT2D eigenvalue weighted by Crippen LogP contribution is -2.57. The quantitative estimate of drug-likeness (QED) is 0.189. The Balaban J connectivity index is 2.90. The Hall–Kier alpha value is -3.41. The molecule has 0 saturated carbocycles. The molecule has 1 rings (SSSR count). The second-order valence-electron chi connectivity index (χ2n) is 11.7. The van der Waals surface area contributed by atoms with Gasteiger partial charge in [0.15, 0.2) is 0 Å². The van der Waals surface area contributed by atoms with Crippen LogP contribution in [0.15, 0.2) is 23.8 Å². The van der Waals surface area contributed by atoms with Crippen LogP contribution in [-0.4, -0.2) is 89.8 Å². The van der Waals surface area contributed by atoms with Gasteiger partial charge in [-0.25, -0.2) is 9.59 Å². The summed E-state index contributed by atoms with van der Waals surface area (Å²) in [4.78, 5) is 64.8. The molecule has 0 saturated heterocycles. The third kappa shape index (κ3) is 13.2. The molecule has 0 spiro atoms. The number of nitrogens with zero attached hydrogens (tertiary/aromatic N) is 1. The van der Waals surface area contributed by atoms with E-state index in [2.05, 4.69) is 16.0 Å². The van der Waals surface area contributed by atoms with Crippen molar-refractivity contribution in [1.29, 1.82) is 0 Å². The number of hydrogen-bond donors (Lipinski definition) is 4. The predicted molar refractivity (Wildman–Crippen MR) is 153 cm³/mol. The molecule has 232 valence electrons. The third-order valence-corrected chi connectivity index (χ3v) is 5.95. The van der Waals surface area contributed by atoms with Crippen molar-refractivity contribution in [3.63, 3.8) is 0 Å². The van der Waals surface area contributed by atoms with E-state index in [1.165, 1.54) is 17.1 Å². The molecule has 4 N–H and O–H groups in total. The molecule has 41 heavy (non-hydrogen) atoms. The summed E-state index contributed by atoms with van der Waals surface area (Å²) in [5.74, 6) is -2.52. The average molecular weight is 581 g/mol. The van der Waals surface area contributed by atoms with E-state index >= 15 is 0 Å². The minimum atomic E-state index is -1.29. The Labute approximate surface area is 243 Å². The SMILES string of the molecule is CCOC(=O)/C=C/[C@H](CC(C)C)NC(=O)[C@H](CO)NC(=O)[C@@H](NC(=O)C1=CCCN(C(=O)OC(C)(C)C)C1)C(C)C. The van der Waals surface area contributed by atoms with Crippen LogP contribution < -0.4 is 16.0 Å². The summed E-state index contributed by atoms with van der Waals surface area (Å²) >= 11 is 0. The van der Waals surface area contributed by atoms with Crippen molar-refractivity contribution in [2.75, 3.05) is 26.3 Å². The smallest absolute Gasteiger partial charge is 0.410 e. The van der Waals surface area contributed by atoms with Crippen LogP contribution in [0, 0.1) is 11.8 Å². The minimum absolute atomic E-state index is 0.0331. The first-order valence-corrected chi connectivity index (χ1v) is 14.1. The summed E-state index contributed by atoms with van der Waals surface area (Å²) in [5, 5.41) is 17.8. The highest BCUT2D eigenvalue weighted by Crippen LogP contribution is 2.16. The zero-order valence-electron chi connectivity index (χ0n) is 25.6. The molecule has 4 amide bonds. The summed E-state index contributed by atoms with van der Waals surface area (Å²) in [5.41, 5.74) is -0.356. The molecule has 0 aromatic rings. The summed E-state index contributed by atoms with van der Waals surface area (Å²) in [6, 6.07) is -2.84. The summed E-state index contributed by atoms with van der Waals surface area (Å²) in [6.07, 6.45) is 4.90. The number of carbonyl (C=O) groups excluding carboxylic acids is 5. The molecule has 1 aliphatic rings. The topological polar surface area (TPSA) is 163 Å². The Morgan fingerprint density at radius 3 is 2.24 bits per heavy atom. The van der Waals surface area contributed by atoms with E-state index in [1.54, 1.807) is 47.6 Å². The summed E-state index contributed by atoms with van der Waals surface area (Å²) in [6.45, 7) is 14.3. The van der Waals surface area contributed by atoms with Crippen LogP contribution in [0.3, 0.4) is 0 Å². The molecule has 0 fully saturated rings. The maximum atomic E-state index is 13.2. The van der Waals surface area contributed by atoms with Crippen LogP contribution >= 0.6 is 0 Å². The van der Waals surface area contributed by atoms with Crippen molar-refractivity contribution in [2.24, 2.45) is 11.8 Å². The van der Waals surface area contributed by atoms with Crippen molar-refractivity contribution in [3.05, 3.63) is 23.8 Å². The van der Waals surface area contributed by atoms with E-state index in [0.717, 1.165) is 0 Å². The van der Waals surface area contributed by atoms with Crippen LogP contribution in [0.1, 0.15) is 68.2 Å². The third-order valence-electron chi connectivity index (χ3n) is 5.95. The van der Waals surface area contributed by atoms with Gasteiger partial charge >= 0.3 is 12.1 Å². The zero-order chi connectivity index (χ0) is 31.3. The molecule has 3 atom stereocenters. The molecule has 1 heterocycles. The molecule has 12 heteroatoms. The van der Waals surface area contributed by atoms with E-state index in [4.69, 9.17) is 9.47 Å². The van der Waals surface area contributed by atoms with Crippen molar-refractivity contribution in [1.82, 2.24) is 20.9 Å². The highest BCUT2D eigenvalue weighted by atomic mass is 16.6. The number of esters is 1. The van der Waals surface area contributed by atoms with Crippen molar-refractivity contribution in [3.8, 4) is 0 Å². The van der Waals surface area contributed by atoms with E-state index in [1.807, 2.05) is 13.8 Å². The van der Waals surface area contributed by atoms with Gasteiger partial charge in [0.1, 0.15) is 17.7 Å². The maximum absolute atomic E-state index is 13.2. The number of rotatable bonds is 13. The Morgan fingerprint density at radius 2 is 1.71 bits per heavy atom. The highest BCUT2D eigenvalue weighted by molar-refractivity contribution is 5.98. The molecule has 12 nitrogen and oxygen atoms in total. The summed E-state index contributed by atoms with van der Waals surface area (Å²) in [7, 11) is 0. The molecular weight excluding hydrogens is 532 g/mol. The second-order valence-corrected chi connectivity index (χ2v) is 11.7. The van der Waals surface area contributed by atoms with Gasteiger partial charge in [-0.05, 0) is 52.4 Å². The molecule has 0 aliphatic carbocycles. The van der Waals surface area contributed by atoms with Crippen LogP contribution in [0.5, 0.6) is 0 Å². The largest absolute Gasteiger partial charge is 0.463 e. The second kappa shape index (κ2) is 16.8. The van der Waals surface area contributed by atoms with E-state index in [-0.39, 0.29) is 25.0 Å². The van der Waals surface area contributed by atoms with Crippen molar-refractivity contribution >= 4 is 29.8 Å². The number of amides is 4. The fourth-order valence-electron chi connectivity index (χ4n) is 3.98. The monoisotopic (exact) mass is 580 g/mol. The van der Waals surface area contributed by atoms with Crippen molar-refractivity contribution < 1.29 is 38.6 Å². The molecule has 0 bridgehead atoms. The van der Waals surface area contributed by atoms with E-state index in [0.29, 0.717) is 25.0 Å². The first-order valence-electron chi connectivity index (χ1n) is 14.1. The molecule has 0 aromatic carbocycles. The highest BCUT2D eigenvalue weighted by Gasteiger charge is 2.32. The minimum Gasteiger partial charge on any atom is -0.463 e. The number of carbonyl (C=O) groups is 5. The Kier molecular flexibility index (Phi) is 14.6. The van der Waals surface area contributed by atoms with Crippen molar-refractivity contribution in [2.45, 2.75) is 92.0 Å². The average Bonchev–Trinajstić information content (AvgIpc) is 2.87. The Morgan fingerprint density at radius 1 is 1.05 bits per heavy atom. The molecular formula is C29H48N4O8. The van der Waals surface area contributed by atoms with Gasteiger partial charge in [0, 0.05) is 24.2 Å². The fraction of sp³-hybridized carbons (Fsp3) is 0.690. The lowest BCUT2D eigenvalue weighted by Gasteiger charge is -2.31. The van der Waals surface area contributed by atoms with E-state index < -0.39 is 60.1 Å². The summed E-state index contributed by atoms with van der Waals surface area (Å²) < 4.78 is 10.3. The van der Waals surface area contributed by atoms with Gasteiger partial charge in [0.2, 0.25) is 17.7 Å². The van der Waals surface area contributed by atoms with E-state index in [9.17, 15) is 29.1 Å².